The molecule has 0 aromatic heterocycles. The van der Waals surface area contributed by atoms with Crippen molar-refractivity contribution in [2.45, 2.75) is 37.3 Å². The van der Waals surface area contributed by atoms with Crippen molar-refractivity contribution in [2.75, 3.05) is 25.0 Å². The van der Waals surface area contributed by atoms with Crippen molar-refractivity contribution in [1.82, 2.24) is 10.6 Å². The second-order valence-electron chi connectivity index (χ2n) is 9.57. The van der Waals surface area contributed by atoms with Gasteiger partial charge < -0.3 is 25.8 Å². The Morgan fingerprint density at radius 2 is 1.75 bits per heavy atom. The molecule has 1 aliphatic rings. The highest BCUT2D eigenvalue weighted by atomic mass is 19.1. The van der Waals surface area contributed by atoms with Gasteiger partial charge in [0.25, 0.3) is 0 Å². The Morgan fingerprint density at radius 1 is 1.00 bits per heavy atom. The maximum absolute atomic E-state index is 14.8. The van der Waals surface area contributed by atoms with E-state index in [-0.39, 0.29) is 55.0 Å². The second kappa shape index (κ2) is 13.4. The molecule has 11 heteroatoms. The smallest absolute Gasteiger partial charge is 0.404 e. The first kappa shape index (κ1) is 29.0. The molecule has 7 nitrogen and oxygen atoms in total. The fraction of sp³-hybridized carbons (Fsp3) is 0.310. The molecule has 1 heterocycles. The number of carboxylic acid groups (broad SMARTS) is 1. The van der Waals surface area contributed by atoms with Crippen molar-refractivity contribution >= 4 is 17.7 Å². The van der Waals surface area contributed by atoms with Gasteiger partial charge in [-0.15, -0.1) is 0 Å². The summed E-state index contributed by atoms with van der Waals surface area (Å²) < 4.78 is 62.4. The molecule has 0 radical (unpaired) electrons. The molecule has 40 heavy (non-hydrogen) atoms. The van der Waals surface area contributed by atoms with Crippen molar-refractivity contribution in [2.24, 2.45) is 0 Å². The monoisotopic (exact) mass is 559 g/mol. The number of benzene rings is 3. The van der Waals surface area contributed by atoms with E-state index in [4.69, 9.17) is 9.84 Å². The summed E-state index contributed by atoms with van der Waals surface area (Å²) in [4.78, 5) is 23.8. The molecule has 3 aromatic rings. The Morgan fingerprint density at radius 3 is 2.42 bits per heavy atom. The van der Waals surface area contributed by atoms with Gasteiger partial charge in [0.15, 0.2) is 0 Å². The molecule has 1 saturated heterocycles. The van der Waals surface area contributed by atoms with Crippen LogP contribution in [0.5, 0.6) is 0 Å². The number of nitrogens with one attached hydrogen (secondary N) is 3. The van der Waals surface area contributed by atoms with E-state index < -0.39 is 41.2 Å². The predicted octanol–water partition coefficient (Wildman–Crippen LogP) is 4.96. The summed E-state index contributed by atoms with van der Waals surface area (Å²) in [7, 11) is 0. The molecule has 212 valence electrons. The van der Waals surface area contributed by atoms with E-state index in [1.54, 1.807) is 6.07 Å². The van der Waals surface area contributed by atoms with Crippen LogP contribution in [0.2, 0.25) is 0 Å². The lowest BCUT2D eigenvalue weighted by Crippen LogP contribution is -2.51. The van der Waals surface area contributed by atoms with Crippen LogP contribution < -0.4 is 16.0 Å². The van der Waals surface area contributed by atoms with E-state index in [9.17, 15) is 27.2 Å². The van der Waals surface area contributed by atoms with Gasteiger partial charge in [-0.2, -0.15) is 0 Å². The van der Waals surface area contributed by atoms with Crippen molar-refractivity contribution in [3.63, 3.8) is 0 Å². The van der Waals surface area contributed by atoms with E-state index in [2.05, 4.69) is 16.0 Å². The number of hydrogen-bond acceptors (Lipinski definition) is 4. The quantitative estimate of drug-likeness (QED) is 0.263. The molecule has 0 unspecified atom stereocenters. The van der Waals surface area contributed by atoms with Gasteiger partial charge in [-0.25, -0.2) is 22.4 Å². The number of hydrogen-bond donors (Lipinski definition) is 4. The Bertz CT molecular complexity index is 1330. The van der Waals surface area contributed by atoms with E-state index >= 15 is 0 Å². The highest BCUT2D eigenvalue weighted by Crippen LogP contribution is 2.32. The first-order chi connectivity index (χ1) is 19.2. The predicted molar refractivity (Wildman–Crippen MR) is 140 cm³/mol. The highest BCUT2D eigenvalue weighted by Gasteiger charge is 2.25. The minimum atomic E-state index is -1.12. The maximum atomic E-state index is 14.8. The molecule has 1 fully saturated rings. The largest absolute Gasteiger partial charge is 0.465 e. The first-order valence-corrected chi connectivity index (χ1v) is 12.8. The molecule has 0 spiro atoms. The molecular weight excluding hydrogens is 530 g/mol. The molecule has 0 saturated carbocycles. The summed E-state index contributed by atoms with van der Waals surface area (Å²) in [6.45, 7) is 0.938. The van der Waals surface area contributed by atoms with Gasteiger partial charge in [-0.1, -0.05) is 24.3 Å². The minimum absolute atomic E-state index is 0.0708. The van der Waals surface area contributed by atoms with Gasteiger partial charge in [0.2, 0.25) is 5.91 Å². The van der Waals surface area contributed by atoms with Crippen molar-refractivity contribution < 1.29 is 37.0 Å². The van der Waals surface area contributed by atoms with Gasteiger partial charge >= 0.3 is 6.09 Å². The average molecular weight is 560 g/mol. The third-order valence-corrected chi connectivity index (χ3v) is 6.78. The molecule has 1 aliphatic heterocycles. The fourth-order valence-corrected chi connectivity index (χ4v) is 4.70. The third kappa shape index (κ3) is 7.80. The molecule has 2 amide bonds. The van der Waals surface area contributed by atoms with Gasteiger partial charge in [-0.05, 0) is 54.3 Å². The van der Waals surface area contributed by atoms with Crippen molar-refractivity contribution in [3.8, 4) is 0 Å². The summed E-state index contributed by atoms with van der Waals surface area (Å²) in [6, 6.07) is 12.5. The number of amides is 2. The summed E-state index contributed by atoms with van der Waals surface area (Å²) in [5.41, 5.74) is 1.07. The molecule has 0 aliphatic carbocycles. The standard InChI is InChI=1S/C29H29F4N3O4/c30-18-6-4-17(5-7-18)24(22-10-8-19(31)12-26(22)33)13-28(37)36-27-3-1-2-25(32)23(27)11-9-21-15-34-20(16-40-21)14-35-29(38)39/h1-8,10,12,20-21,24,34-35H,9,11,13-16H2,(H,36,37)(H,38,39)/t20-,21+,24-/m0/s1. The van der Waals surface area contributed by atoms with Gasteiger partial charge in [-0.3, -0.25) is 4.79 Å². The van der Waals surface area contributed by atoms with Crippen molar-refractivity contribution in [3.05, 3.63) is 101 Å². The zero-order valence-electron chi connectivity index (χ0n) is 21.4. The van der Waals surface area contributed by atoms with Crippen LogP contribution >= 0.6 is 0 Å². The summed E-state index contributed by atoms with van der Waals surface area (Å²) in [5, 5.41) is 16.9. The Labute approximate surface area is 228 Å². The van der Waals surface area contributed by atoms with Crippen LogP contribution in [0, 0.1) is 23.3 Å². The maximum Gasteiger partial charge on any atom is 0.404 e. The third-order valence-electron chi connectivity index (χ3n) is 6.78. The molecule has 3 aromatic carbocycles. The van der Waals surface area contributed by atoms with Crippen LogP contribution in [-0.4, -0.2) is 48.9 Å². The van der Waals surface area contributed by atoms with Gasteiger partial charge in [0.05, 0.1) is 12.7 Å². The van der Waals surface area contributed by atoms with Crippen LogP contribution in [0.25, 0.3) is 0 Å². The van der Waals surface area contributed by atoms with E-state index in [1.807, 2.05) is 0 Å². The van der Waals surface area contributed by atoms with Crippen LogP contribution in [0.3, 0.4) is 0 Å². The molecule has 4 rings (SSSR count). The lowest BCUT2D eigenvalue weighted by Gasteiger charge is -2.30. The van der Waals surface area contributed by atoms with Crippen LogP contribution in [0.15, 0.2) is 60.7 Å². The van der Waals surface area contributed by atoms with Crippen LogP contribution in [0.4, 0.5) is 28.0 Å². The van der Waals surface area contributed by atoms with Gasteiger partial charge in [0.1, 0.15) is 23.3 Å². The van der Waals surface area contributed by atoms with E-state index in [1.165, 1.54) is 42.5 Å². The Balaban J connectivity index is 1.43. The zero-order chi connectivity index (χ0) is 28.6. The number of halogens is 4. The minimum Gasteiger partial charge on any atom is -0.465 e. The molecule has 3 atom stereocenters. The van der Waals surface area contributed by atoms with Crippen LogP contribution in [-0.2, 0) is 16.0 Å². The molecular formula is C29H29F4N3O4. The van der Waals surface area contributed by atoms with E-state index in [0.717, 1.165) is 12.1 Å². The number of ether oxygens (including phenoxy) is 1. The number of morpholine rings is 1. The number of rotatable bonds is 10. The second-order valence-corrected chi connectivity index (χ2v) is 9.57. The van der Waals surface area contributed by atoms with E-state index in [0.29, 0.717) is 18.5 Å². The SMILES string of the molecule is O=C(O)NC[C@H]1CO[C@H](CCc2c(F)cccc2NC(=O)C[C@@H](c2ccc(F)cc2)c2ccc(F)cc2F)CN1. The zero-order valence-corrected chi connectivity index (χ0v) is 21.4. The average Bonchev–Trinajstić information content (AvgIpc) is 2.92. The number of carbonyl (C=O) groups excluding carboxylic acids is 1. The highest BCUT2D eigenvalue weighted by molar-refractivity contribution is 5.92. The lowest BCUT2D eigenvalue weighted by molar-refractivity contribution is -0.116. The van der Waals surface area contributed by atoms with Gasteiger partial charge in [0, 0.05) is 48.8 Å². The summed E-state index contributed by atoms with van der Waals surface area (Å²) >= 11 is 0. The normalized spacial score (nSPS) is 17.7. The molecule has 4 N–H and O–H groups in total. The molecule has 0 bridgehead atoms. The first-order valence-electron chi connectivity index (χ1n) is 12.8. The number of carbonyl (C=O) groups is 2. The summed E-state index contributed by atoms with van der Waals surface area (Å²) in [6.07, 6.45) is -0.931. The fourth-order valence-electron chi connectivity index (χ4n) is 4.70. The Kier molecular flexibility index (Phi) is 9.73. The lowest BCUT2D eigenvalue weighted by atomic mass is 9.87. The Hall–Kier alpha value is -3.96. The number of anilines is 1. The summed E-state index contributed by atoms with van der Waals surface area (Å²) in [5.74, 6) is -3.99. The topological polar surface area (TPSA) is 99.7 Å². The van der Waals surface area contributed by atoms with Crippen molar-refractivity contribution in [1.29, 1.82) is 0 Å². The van der Waals surface area contributed by atoms with Crippen LogP contribution in [0.1, 0.15) is 35.4 Å².